The molecular formula is C12H21ClN2S. The fourth-order valence-electron chi connectivity index (χ4n) is 1.96. The first-order valence-corrected chi connectivity index (χ1v) is 7.01. The maximum Gasteiger partial charge on any atom is 0.113 e. The Labute approximate surface area is 107 Å². The molecule has 1 rings (SSSR count). The fourth-order valence-corrected chi connectivity index (χ4v) is 2.88. The van der Waals surface area contributed by atoms with Crippen LogP contribution in [0.3, 0.4) is 0 Å². The van der Waals surface area contributed by atoms with Crippen LogP contribution in [0.25, 0.3) is 0 Å². The van der Waals surface area contributed by atoms with E-state index in [9.17, 15) is 0 Å². The summed E-state index contributed by atoms with van der Waals surface area (Å²) in [6.45, 7) is 11.0. The van der Waals surface area contributed by atoms with Crippen LogP contribution in [0.15, 0.2) is 6.20 Å². The number of hydrogen-bond acceptors (Lipinski definition) is 3. The van der Waals surface area contributed by atoms with Crippen LogP contribution in [0.5, 0.6) is 0 Å². The van der Waals surface area contributed by atoms with Gasteiger partial charge in [-0.1, -0.05) is 39.3 Å². The molecule has 0 fully saturated rings. The maximum absolute atomic E-state index is 5.83. The van der Waals surface area contributed by atoms with Crippen molar-refractivity contribution in [1.29, 1.82) is 0 Å². The molecule has 0 aliphatic carbocycles. The van der Waals surface area contributed by atoms with Gasteiger partial charge in [-0.3, -0.25) is 0 Å². The van der Waals surface area contributed by atoms with E-state index in [-0.39, 0.29) is 0 Å². The zero-order valence-corrected chi connectivity index (χ0v) is 12.0. The first kappa shape index (κ1) is 13.9. The zero-order chi connectivity index (χ0) is 12.1. The summed E-state index contributed by atoms with van der Waals surface area (Å²) in [5.74, 6) is 2.15. The predicted molar refractivity (Wildman–Crippen MR) is 72.0 cm³/mol. The normalized spacial score (nSPS) is 12.0. The Bertz CT molecular complexity index is 302. The molecule has 0 amide bonds. The van der Waals surface area contributed by atoms with Gasteiger partial charge in [0.25, 0.3) is 0 Å². The van der Waals surface area contributed by atoms with Crippen LogP contribution >= 0.6 is 22.9 Å². The van der Waals surface area contributed by atoms with Crippen LogP contribution in [0.1, 0.15) is 32.7 Å². The van der Waals surface area contributed by atoms with Crippen molar-refractivity contribution in [2.75, 3.05) is 6.54 Å². The summed E-state index contributed by atoms with van der Waals surface area (Å²) in [4.78, 5) is 4.23. The highest BCUT2D eigenvalue weighted by atomic mass is 35.5. The van der Waals surface area contributed by atoms with Crippen molar-refractivity contribution in [3.05, 3.63) is 15.5 Å². The lowest BCUT2D eigenvalue weighted by atomic mass is 9.85. The molecular weight excluding hydrogens is 240 g/mol. The average Bonchev–Trinajstić information content (AvgIpc) is 2.57. The second-order valence-electron chi connectivity index (χ2n) is 4.84. The van der Waals surface area contributed by atoms with E-state index in [2.05, 4.69) is 38.0 Å². The molecule has 1 aromatic rings. The molecule has 0 atom stereocenters. The molecule has 0 aromatic carbocycles. The van der Waals surface area contributed by atoms with E-state index < -0.39 is 0 Å². The van der Waals surface area contributed by atoms with E-state index in [1.165, 1.54) is 0 Å². The molecule has 0 aliphatic heterocycles. The third-order valence-corrected chi connectivity index (χ3v) is 4.01. The van der Waals surface area contributed by atoms with Crippen LogP contribution in [0, 0.1) is 17.8 Å². The molecule has 0 aliphatic rings. The number of halogens is 1. The Hall–Kier alpha value is -0.120. The minimum atomic E-state index is 0.715. The number of nitrogens with one attached hydrogen (secondary N) is 1. The van der Waals surface area contributed by atoms with E-state index in [1.54, 1.807) is 17.5 Å². The molecule has 0 saturated carbocycles. The van der Waals surface area contributed by atoms with Crippen molar-refractivity contribution in [2.45, 2.75) is 34.2 Å². The monoisotopic (exact) mass is 260 g/mol. The van der Waals surface area contributed by atoms with Crippen molar-refractivity contribution < 1.29 is 0 Å². The largest absolute Gasteiger partial charge is 0.310 e. The number of hydrogen-bond donors (Lipinski definition) is 1. The Balaban J connectivity index is 2.33. The predicted octanol–water partition coefficient (Wildman–Crippen LogP) is 3.81. The summed E-state index contributed by atoms with van der Waals surface area (Å²) in [7, 11) is 0. The van der Waals surface area contributed by atoms with Gasteiger partial charge in [0, 0.05) is 6.54 Å². The first-order valence-electron chi connectivity index (χ1n) is 5.81. The number of aromatic nitrogens is 1. The minimum absolute atomic E-state index is 0.715. The molecule has 2 nitrogen and oxygen atoms in total. The summed E-state index contributed by atoms with van der Waals surface area (Å²) in [6, 6.07) is 0. The van der Waals surface area contributed by atoms with E-state index in [4.69, 9.17) is 11.6 Å². The van der Waals surface area contributed by atoms with Gasteiger partial charge in [0.05, 0.1) is 6.20 Å². The van der Waals surface area contributed by atoms with Crippen LogP contribution in [-0.2, 0) is 6.54 Å². The molecule has 1 N–H and O–H groups in total. The molecule has 0 unspecified atom stereocenters. The number of rotatable bonds is 6. The van der Waals surface area contributed by atoms with Gasteiger partial charge in [0.1, 0.15) is 9.34 Å². The summed E-state index contributed by atoms with van der Waals surface area (Å²) >= 11 is 7.38. The summed E-state index contributed by atoms with van der Waals surface area (Å²) in [6.07, 6.45) is 1.71. The topological polar surface area (TPSA) is 24.9 Å². The lowest BCUT2D eigenvalue weighted by Gasteiger charge is -2.24. The van der Waals surface area contributed by atoms with Gasteiger partial charge < -0.3 is 5.32 Å². The van der Waals surface area contributed by atoms with Gasteiger partial charge in [-0.05, 0) is 24.3 Å². The number of nitrogens with zero attached hydrogens (tertiary/aromatic N) is 1. The molecule has 16 heavy (non-hydrogen) atoms. The zero-order valence-electron chi connectivity index (χ0n) is 10.5. The van der Waals surface area contributed by atoms with E-state index in [0.717, 1.165) is 28.4 Å². The molecule has 1 aromatic heterocycles. The van der Waals surface area contributed by atoms with Crippen LogP contribution in [0.2, 0.25) is 4.34 Å². The third-order valence-electron chi connectivity index (χ3n) is 2.89. The lowest BCUT2D eigenvalue weighted by Crippen LogP contribution is -2.29. The van der Waals surface area contributed by atoms with Gasteiger partial charge in [0.2, 0.25) is 0 Å². The Morgan fingerprint density at radius 1 is 1.31 bits per heavy atom. The second kappa shape index (κ2) is 6.58. The fraction of sp³-hybridized carbons (Fsp3) is 0.750. The standard InChI is InChI=1S/C12H21ClN2S/c1-8(2)10(9(3)4)5-14-7-12-15-6-11(13)16-12/h6,8-10,14H,5,7H2,1-4H3. The molecule has 4 heteroatoms. The van der Waals surface area contributed by atoms with E-state index in [0.29, 0.717) is 11.8 Å². The molecule has 0 bridgehead atoms. The highest BCUT2D eigenvalue weighted by molar-refractivity contribution is 7.15. The first-order chi connectivity index (χ1) is 7.50. The van der Waals surface area contributed by atoms with Gasteiger partial charge in [0.15, 0.2) is 0 Å². The van der Waals surface area contributed by atoms with Crippen molar-refractivity contribution in [2.24, 2.45) is 17.8 Å². The van der Waals surface area contributed by atoms with E-state index >= 15 is 0 Å². The van der Waals surface area contributed by atoms with Crippen LogP contribution < -0.4 is 5.32 Å². The van der Waals surface area contributed by atoms with Crippen molar-refractivity contribution in [1.82, 2.24) is 10.3 Å². The molecule has 0 saturated heterocycles. The molecule has 0 spiro atoms. The smallest absolute Gasteiger partial charge is 0.113 e. The SMILES string of the molecule is CC(C)C(CNCc1ncc(Cl)s1)C(C)C. The quantitative estimate of drug-likeness (QED) is 0.841. The highest BCUT2D eigenvalue weighted by Gasteiger charge is 2.16. The van der Waals surface area contributed by atoms with Crippen molar-refractivity contribution in [3.8, 4) is 0 Å². The van der Waals surface area contributed by atoms with E-state index in [1.807, 2.05) is 0 Å². The van der Waals surface area contributed by atoms with Gasteiger partial charge >= 0.3 is 0 Å². The summed E-state index contributed by atoms with van der Waals surface area (Å²) in [5.41, 5.74) is 0. The second-order valence-corrected chi connectivity index (χ2v) is 6.59. The minimum Gasteiger partial charge on any atom is -0.310 e. The Morgan fingerprint density at radius 2 is 1.94 bits per heavy atom. The van der Waals surface area contributed by atoms with Gasteiger partial charge in [-0.25, -0.2) is 4.98 Å². The highest BCUT2D eigenvalue weighted by Crippen LogP contribution is 2.20. The van der Waals surface area contributed by atoms with Crippen molar-refractivity contribution in [3.63, 3.8) is 0 Å². The van der Waals surface area contributed by atoms with Crippen LogP contribution in [-0.4, -0.2) is 11.5 Å². The molecule has 0 radical (unpaired) electrons. The molecule has 1 heterocycles. The lowest BCUT2D eigenvalue weighted by molar-refractivity contribution is 0.275. The summed E-state index contributed by atoms with van der Waals surface area (Å²) < 4.78 is 0.765. The van der Waals surface area contributed by atoms with Crippen LogP contribution in [0.4, 0.5) is 0 Å². The Kier molecular flexibility index (Phi) is 5.73. The maximum atomic E-state index is 5.83. The third kappa shape index (κ3) is 4.40. The summed E-state index contributed by atoms with van der Waals surface area (Å²) in [5, 5.41) is 4.53. The van der Waals surface area contributed by atoms with Gasteiger partial charge in [-0.15, -0.1) is 11.3 Å². The number of thiazole rings is 1. The Morgan fingerprint density at radius 3 is 2.38 bits per heavy atom. The van der Waals surface area contributed by atoms with Crippen molar-refractivity contribution >= 4 is 22.9 Å². The molecule has 92 valence electrons. The average molecular weight is 261 g/mol. The van der Waals surface area contributed by atoms with Gasteiger partial charge in [-0.2, -0.15) is 0 Å².